The third kappa shape index (κ3) is 5.10. The SMILES string of the molecule is CCc1noc(CC)c1CNC(=NC)NCC(c1ccccc1)C(C)C. The van der Waals surface area contributed by atoms with Gasteiger partial charge in [-0.2, -0.15) is 0 Å². The fourth-order valence-corrected chi connectivity index (χ4v) is 3.18. The highest BCUT2D eigenvalue weighted by Crippen LogP contribution is 2.23. The molecule has 0 saturated heterocycles. The Hall–Kier alpha value is -2.30. The van der Waals surface area contributed by atoms with E-state index in [1.54, 1.807) is 7.05 Å². The number of hydrogen-bond acceptors (Lipinski definition) is 3. The fourth-order valence-electron chi connectivity index (χ4n) is 3.18. The Labute approximate surface area is 157 Å². The summed E-state index contributed by atoms with van der Waals surface area (Å²) < 4.78 is 5.44. The zero-order valence-electron chi connectivity index (χ0n) is 16.7. The Morgan fingerprint density at radius 3 is 2.42 bits per heavy atom. The van der Waals surface area contributed by atoms with Crippen molar-refractivity contribution in [2.75, 3.05) is 13.6 Å². The van der Waals surface area contributed by atoms with Crippen molar-refractivity contribution in [3.63, 3.8) is 0 Å². The van der Waals surface area contributed by atoms with Gasteiger partial charge >= 0.3 is 0 Å². The topological polar surface area (TPSA) is 62.5 Å². The first-order chi connectivity index (χ1) is 12.6. The van der Waals surface area contributed by atoms with Gasteiger partial charge < -0.3 is 15.2 Å². The monoisotopic (exact) mass is 356 g/mol. The summed E-state index contributed by atoms with van der Waals surface area (Å²) in [6, 6.07) is 10.6. The Balaban J connectivity index is 1.98. The van der Waals surface area contributed by atoms with Crippen LogP contribution < -0.4 is 10.6 Å². The van der Waals surface area contributed by atoms with E-state index in [-0.39, 0.29) is 0 Å². The van der Waals surface area contributed by atoms with Gasteiger partial charge in [-0.05, 0) is 17.9 Å². The zero-order valence-corrected chi connectivity index (χ0v) is 16.7. The summed E-state index contributed by atoms with van der Waals surface area (Å²) in [5.74, 6) is 2.73. The largest absolute Gasteiger partial charge is 0.361 e. The average Bonchev–Trinajstić information content (AvgIpc) is 3.07. The first-order valence-corrected chi connectivity index (χ1v) is 9.56. The number of nitrogens with one attached hydrogen (secondary N) is 2. The van der Waals surface area contributed by atoms with E-state index >= 15 is 0 Å². The molecule has 0 saturated carbocycles. The molecular formula is C21H32N4O. The van der Waals surface area contributed by atoms with Crippen molar-refractivity contribution in [1.29, 1.82) is 0 Å². The molecule has 142 valence electrons. The van der Waals surface area contributed by atoms with Crippen LogP contribution in [0.1, 0.15) is 56.2 Å². The second-order valence-corrected chi connectivity index (χ2v) is 6.81. The molecule has 5 nitrogen and oxygen atoms in total. The molecular weight excluding hydrogens is 324 g/mol. The lowest BCUT2D eigenvalue weighted by atomic mass is 9.88. The van der Waals surface area contributed by atoms with Crippen molar-refractivity contribution in [2.45, 2.75) is 53.0 Å². The molecule has 1 aromatic heterocycles. The summed E-state index contributed by atoms with van der Waals surface area (Å²) in [6.07, 6.45) is 1.72. The normalized spacial score (nSPS) is 13.1. The second-order valence-electron chi connectivity index (χ2n) is 6.81. The number of guanidine groups is 1. The molecule has 0 aliphatic carbocycles. The van der Waals surface area contributed by atoms with E-state index in [1.807, 2.05) is 0 Å². The van der Waals surface area contributed by atoms with Crippen LogP contribution in [-0.2, 0) is 19.4 Å². The molecule has 1 aromatic carbocycles. The van der Waals surface area contributed by atoms with Gasteiger partial charge in [-0.15, -0.1) is 0 Å². The van der Waals surface area contributed by atoms with Crippen LogP contribution in [0.5, 0.6) is 0 Å². The molecule has 2 N–H and O–H groups in total. The molecule has 0 fully saturated rings. The lowest BCUT2D eigenvalue weighted by Gasteiger charge is -2.23. The first-order valence-electron chi connectivity index (χ1n) is 9.56. The highest BCUT2D eigenvalue weighted by atomic mass is 16.5. The molecule has 0 aliphatic rings. The molecule has 2 aromatic rings. The standard InChI is InChI=1S/C21H32N4O/c1-6-19-18(20(7-2)26-25-19)14-24-21(22-5)23-13-17(15(3)4)16-11-9-8-10-12-16/h8-12,15,17H,6-7,13-14H2,1-5H3,(H2,22,23,24). The summed E-state index contributed by atoms with van der Waals surface area (Å²) in [6.45, 7) is 10.2. The van der Waals surface area contributed by atoms with Crippen molar-refractivity contribution < 1.29 is 4.52 Å². The van der Waals surface area contributed by atoms with E-state index in [2.05, 4.69) is 78.8 Å². The van der Waals surface area contributed by atoms with E-state index < -0.39 is 0 Å². The molecule has 0 bridgehead atoms. The third-order valence-electron chi connectivity index (χ3n) is 4.79. The Morgan fingerprint density at radius 1 is 1.12 bits per heavy atom. The predicted molar refractivity (Wildman–Crippen MR) is 107 cm³/mol. The lowest BCUT2D eigenvalue weighted by Crippen LogP contribution is -2.40. The average molecular weight is 357 g/mol. The fraction of sp³-hybridized carbons (Fsp3) is 0.524. The first kappa shape index (κ1) is 20.0. The Morgan fingerprint density at radius 2 is 1.85 bits per heavy atom. The summed E-state index contributed by atoms with van der Waals surface area (Å²) in [5.41, 5.74) is 3.53. The van der Waals surface area contributed by atoms with E-state index in [1.165, 1.54) is 5.56 Å². The zero-order chi connectivity index (χ0) is 18.9. The van der Waals surface area contributed by atoms with Crippen LogP contribution in [0.2, 0.25) is 0 Å². The van der Waals surface area contributed by atoms with Crippen molar-refractivity contribution >= 4 is 5.96 Å². The summed E-state index contributed by atoms with van der Waals surface area (Å²) in [5, 5.41) is 11.1. The van der Waals surface area contributed by atoms with Crippen molar-refractivity contribution in [2.24, 2.45) is 10.9 Å². The molecule has 0 amide bonds. The number of rotatable bonds is 8. The summed E-state index contributed by atoms with van der Waals surface area (Å²) in [4.78, 5) is 4.37. The van der Waals surface area contributed by atoms with Gasteiger partial charge in [-0.25, -0.2) is 0 Å². The molecule has 0 spiro atoms. The highest BCUT2D eigenvalue weighted by molar-refractivity contribution is 5.79. The van der Waals surface area contributed by atoms with Gasteiger partial charge in [0.2, 0.25) is 0 Å². The number of aliphatic imine (C=N–C) groups is 1. The van der Waals surface area contributed by atoms with E-state index in [4.69, 9.17) is 4.52 Å². The quantitative estimate of drug-likeness (QED) is 0.556. The smallest absolute Gasteiger partial charge is 0.191 e. The van der Waals surface area contributed by atoms with Crippen LogP contribution in [0.25, 0.3) is 0 Å². The number of aromatic nitrogens is 1. The number of benzene rings is 1. The third-order valence-corrected chi connectivity index (χ3v) is 4.79. The molecule has 0 radical (unpaired) electrons. The minimum absolute atomic E-state index is 0.433. The molecule has 2 rings (SSSR count). The lowest BCUT2D eigenvalue weighted by molar-refractivity contribution is 0.380. The minimum Gasteiger partial charge on any atom is -0.361 e. The summed E-state index contributed by atoms with van der Waals surface area (Å²) >= 11 is 0. The maximum absolute atomic E-state index is 5.44. The molecule has 0 aliphatic heterocycles. The second kappa shape index (κ2) is 10.00. The number of aryl methyl sites for hydroxylation is 2. The maximum Gasteiger partial charge on any atom is 0.191 e. The molecule has 1 atom stereocenters. The van der Waals surface area contributed by atoms with Gasteiger partial charge in [0.25, 0.3) is 0 Å². The van der Waals surface area contributed by atoms with Gasteiger partial charge in [-0.1, -0.05) is 63.2 Å². The Kier molecular flexibility index (Phi) is 7.70. The van der Waals surface area contributed by atoms with Crippen molar-refractivity contribution in [3.8, 4) is 0 Å². The van der Waals surface area contributed by atoms with Gasteiger partial charge in [0.05, 0.1) is 5.69 Å². The van der Waals surface area contributed by atoms with Gasteiger partial charge in [0.1, 0.15) is 5.76 Å². The van der Waals surface area contributed by atoms with Crippen LogP contribution in [0.3, 0.4) is 0 Å². The number of nitrogens with zero attached hydrogens (tertiary/aromatic N) is 2. The Bertz CT molecular complexity index is 670. The van der Waals surface area contributed by atoms with Crippen LogP contribution in [0.4, 0.5) is 0 Å². The van der Waals surface area contributed by atoms with Crippen molar-refractivity contribution in [1.82, 2.24) is 15.8 Å². The van der Waals surface area contributed by atoms with E-state index in [9.17, 15) is 0 Å². The molecule has 1 unspecified atom stereocenters. The van der Waals surface area contributed by atoms with Gasteiger partial charge in [-0.3, -0.25) is 4.99 Å². The van der Waals surface area contributed by atoms with Crippen molar-refractivity contribution in [3.05, 3.63) is 52.9 Å². The summed E-state index contributed by atoms with van der Waals surface area (Å²) in [7, 11) is 1.80. The van der Waals surface area contributed by atoms with Gasteiger partial charge in [0, 0.05) is 38.0 Å². The maximum atomic E-state index is 5.44. The highest BCUT2D eigenvalue weighted by Gasteiger charge is 2.17. The molecule has 5 heteroatoms. The minimum atomic E-state index is 0.433. The van der Waals surface area contributed by atoms with E-state index in [0.717, 1.165) is 42.4 Å². The van der Waals surface area contributed by atoms with Crippen LogP contribution >= 0.6 is 0 Å². The van der Waals surface area contributed by atoms with Crippen LogP contribution in [-0.4, -0.2) is 24.7 Å². The molecule has 26 heavy (non-hydrogen) atoms. The predicted octanol–water partition coefficient (Wildman–Crippen LogP) is 3.90. The van der Waals surface area contributed by atoms with Gasteiger partial charge in [0.15, 0.2) is 5.96 Å². The number of hydrogen-bond donors (Lipinski definition) is 2. The molecule has 1 heterocycles. The van der Waals surface area contributed by atoms with E-state index in [0.29, 0.717) is 18.4 Å². The van der Waals surface area contributed by atoms with Crippen LogP contribution in [0, 0.1) is 5.92 Å². The van der Waals surface area contributed by atoms with Crippen LogP contribution in [0.15, 0.2) is 39.8 Å².